The van der Waals surface area contributed by atoms with Crippen LogP contribution in [-0.2, 0) is 18.4 Å². The van der Waals surface area contributed by atoms with Crippen LogP contribution >= 0.6 is 0 Å². The van der Waals surface area contributed by atoms with Gasteiger partial charge in [0.25, 0.3) is 0 Å². The van der Waals surface area contributed by atoms with Crippen LogP contribution in [0.3, 0.4) is 0 Å². The molecule has 0 radical (unpaired) electrons. The van der Waals surface area contributed by atoms with Crippen LogP contribution in [0.2, 0.25) is 0 Å². The number of rotatable bonds is 5. The lowest BCUT2D eigenvalue weighted by atomic mass is 9.95. The molecule has 0 saturated carbocycles. The highest BCUT2D eigenvalue weighted by molar-refractivity contribution is 5.77. The Kier molecular flexibility index (Phi) is 5.25. The molecule has 1 aliphatic rings. The maximum Gasteiger partial charge on any atom is 0.225 e. The zero-order valence-electron chi connectivity index (χ0n) is 17.6. The first-order chi connectivity index (χ1) is 13.9. The fourth-order valence-corrected chi connectivity index (χ4v) is 4.05. The van der Waals surface area contributed by atoms with Gasteiger partial charge in [0.1, 0.15) is 0 Å². The quantitative estimate of drug-likeness (QED) is 0.661. The molecular formula is C21H28N6O2. The van der Waals surface area contributed by atoms with E-state index in [1.807, 2.05) is 55.9 Å². The van der Waals surface area contributed by atoms with Crippen LogP contribution in [0, 0.1) is 20.8 Å². The zero-order valence-corrected chi connectivity index (χ0v) is 17.6. The van der Waals surface area contributed by atoms with Gasteiger partial charge in [0.15, 0.2) is 5.76 Å². The van der Waals surface area contributed by atoms with Crippen molar-refractivity contribution in [1.29, 1.82) is 0 Å². The van der Waals surface area contributed by atoms with Crippen molar-refractivity contribution in [2.45, 2.75) is 59.0 Å². The summed E-state index contributed by atoms with van der Waals surface area (Å²) in [5.74, 6) is 0.889. The molecule has 29 heavy (non-hydrogen) atoms. The molecule has 3 aromatic rings. The van der Waals surface area contributed by atoms with Crippen molar-refractivity contribution in [2.75, 3.05) is 6.54 Å². The molecule has 3 aromatic heterocycles. The summed E-state index contributed by atoms with van der Waals surface area (Å²) in [5.41, 5.74) is 4.68. The minimum atomic E-state index is -0.0448. The minimum Gasteiger partial charge on any atom is -0.356 e. The van der Waals surface area contributed by atoms with Crippen LogP contribution in [0.1, 0.15) is 54.4 Å². The first kappa shape index (κ1) is 19.4. The highest BCUT2D eigenvalue weighted by Crippen LogP contribution is 2.37. The number of carbonyl (C=O) groups is 1. The molecule has 0 unspecified atom stereocenters. The summed E-state index contributed by atoms with van der Waals surface area (Å²) < 4.78 is 9.24. The van der Waals surface area contributed by atoms with Crippen molar-refractivity contribution in [3.63, 3.8) is 0 Å². The van der Waals surface area contributed by atoms with Crippen LogP contribution in [0.5, 0.6) is 0 Å². The molecule has 4 heterocycles. The van der Waals surface area contributed by atoms with E-state index in [1.54, 1.807) is 4.68 Å². The second kappa shape index (κ2) is 7.85. The molecule has 0 bridgehead atoms. The van der Waals surface area contributed by atoms with Gasteiger partial charge in [-0.3, -0.25) is 14.2 Å². The van der Waals surface area contributed by atoms with E-state index in [0.717, 1.165) is 59.8 Å². The summed E-state index contributed by atoms with van der Waals surface area (Å²) in [7, 11) is 1.90. The van der Waals surface area contributed by atoms with Crippen LogP contribution < -0.4 is 0 Å². The Morgan fingerprint density at radius 1 is 1.24 bits per heavy atom. The highest BCUT2D eigenvalue weighted by Gasteiger charge is 2.33. The van der Waals surface area contributed by atoms with Gasteiger partial charge in [-0.05, 0) is 46.1 Å². The normalized spacial score (nSPS) is 17.1. The smallest absolute Gasteiger partial charge is 0.225 e. The van der Waals surface area contributed by atoms with Gasteiger partial charge in [-0.15, -0.1) is 0 Å². The van der Waals surface area contributed by atoms with Crippen molar-refractivity contribution in [3.05, 3.63) is 41.1 Å². The monoisotopic (exact) mass is 396 g/mol. The SMILES string of the molecule is Cc1ccn(CCC(=O)N2CCCC[C@H]2c2nn(C)cc2-c2onc(C)c2C)n1. The van der Waals surface area contributed by atoms with E-state index in [9.17, 15) is 4.79 Å². The first-order valence-electron chi connectivity index (χ1n) is 10.2. The van der Waals surface area contributed by atoms with E-state index in [-0.39, 0.29) is 11.9 Å². The summed E-state index contributed by atoms with van der Waals surface area (Å²) in [4.78, 5) is 15.1. The van der Waals surface area contributed by atoms with Gasteiger partial charge in [0, 0.05) is 44.5 Å². The van der Waals surface area contributed by atoms with Crippen LogP contribution in [0.4, 0.5) is 0 Å². The average molecular weight is 396 g/mol. The highest BCUT2D eigenvalue weighted by atomic mass is 16.5. The fraction of sp³-hybridized carbons (Fsp3) is 0.524. The van der Waals surface area contributed by atoms with Gasteiger partial charge in [-0.25, -0.2) is 0 Å². The van der Waals surface area contributed by atoms with Crippen LogP contribution in [0.15, 0.2) is 23.0 Å². The van der Waals surface area contributed by atoms with Crippen molar-refractivity contribution in [2.24, 2.45) is 7.05 Å². The van der Waals surface area contributed by atoms with Crippen molar-refractivity contribution < 1.29 is 9.32 Å². The Morgan fingerprint density at radius 3 is 2.76 bits per heavy atom. The molecular weight excluding hydrogens is 368 g/mol. The summed E-state index contributed by atoms with van der Waals surface area (Å²) >= 11 is 0. The Hall–Kier alpha value is -2.90. The van der Waals surface area contributed by atoms with Crippen molar-refractivity contribution >= 4 is 5.91 Å². The van der Waals surface area contributed by atoms with Gasteiger partial charge in [0.2, 0.25) is 5.91 Å². The van der Waals surface area contributed by atoms with Gasteiger partial charge in [0.05, 0.1) is 28.7 Å². The lowest BCUT2D eigenvalue weighted by Gasteiger charge is -2.35. The maximum atomic E-state index is 13.1. The second-order valence-corrected chi connectivity index (χ2v) is 7.89. The predicted molar refractivity (Wildman–Crippen MR) is 108 cm³/mol. The third-order valence-electron chi connectivity index (χ3n) is 5.73. The summed E-state index contributed by atoms with van der Waals surface area (Å²) in [5, 5.41) is 13.2. The van der Waals surface area contributed by atoms with E-state index in [4.69, 9.17) is 9.62 Å². The third-order valence-corrected chi connectivity index (χ3v) is 5.73. The molecule has 1 saturated heterocycles. The number of aryl methyl sites for hydroxylation is 4. The lowest BCUT2D eigenvalue weighted by Crippen LogP contribution is -2.39. The lowest BCUT2D eigenvalue weighted by molar-refractivity contribution is -0.135. The van der Waals surface area contributed by atoms with E-state index in [0.29, 0.717) is 13.0 Å². The number of nitrogens with zero attached hydrogens (tertiary/aromatic N) is 6. The molecule has 1 aliphatic heterocycles. The van der Waals surface area contributed by atoms with E-state index >= 15 is 0 Å². The van der Waals surface area contributed by atoms with Crippen LogP contribution in [-0.4, -0.2) is 42.1 Å². The number of aromatic nitrogens is 5. The van der Waals surface area contributed by atoms with Gasteiger partial charge >= 0.3 is 0 Å². The first-order valence-corrected chi connectivity index (χ1v) is 10.2. The van der Waals surface area contributed by atoms with E-state index in [1.165, 1.54) is 0 Å². The Balaban J connectivity index is 1.59. The molecule has 0 spiro atoms. The number of hydrogen-bond acceptors (Lipinski definition) is 5. The Morgan fingerprint density at radius 2 is 2.07 bits per heavy atom. The number of piperidine rings is 1. The Labute approximate surface area is 170 Å². The summed E-state index contributed by atoms with van der Waals surface area (Å²) in [6.07, 6.45) is 7.32. The van der Waals surface area contributed by atoms with Crippen molar-refractivity contribution in [3.8, 4) is 11.3 Å². The standard InChI is InChI=1S/C21H28N6O2/c1-14-8-11-26(22-14)12-9-19(28)27-10-6-5-7-18(27)20-17(13-25(4)23-20)21-15(2)16(3)24-29-21/h8,11,13,18H,5-7,9-10,12H2,1-4H3/t18-/m0/s1. The summed E-state index contributed by atoms with van der Waals surface area (Å²) in [6.45, 7) is 7.24. The molecule has 8 nitrogen and oxygen atoms in total. The number of amides is 1. The Bertz CT molecular complexity index is 1010. The number of likely N-dealkylation sites (tertiary alicyclic amines) is 1. The molecule has 4 rings (SSSR count). The van der Waals surface area contributed by atoms with Gasteiger partial charge < -0.3 is 9.42 Å². The summed E-state index contributed by atoms with van der Waals surface area (Å²) in [6, 6.07) is 1.91. The molecule has 1 fully saturated rings. The number of hydrogen-bond donors (Lipinski definition) is 0. The molecule has 8 heteroatoms. The molecule has 0 aromatic carbocycles. The van der Waals surface area contributed by atoms with E-state index < -0.39 is 0 Å². The van der Waals surface area contributed by atoms with Gasteiger partial charge in [-0.1, -0.05) is 5.16 Å². The predicted octanol–water partition coefficient (Wildman–Crippen LogP) is 3.34. The number of carbonyl (C=O) groups excluding carboxylic acids is 1. The minimum absolute atomic E-state index is 0.0448. The fourth-order valence-electron chi connectivity index (χ4n) is 4.05. The van der Waals surface area contributed by atoms with Gasteiger partial charge in [-0.2, -0.15) is 10.2 Å². The van der Waals surface area contributed by atoms with Crippen LogP contribution in [0.25, 0.3) is 11.3 Å². The van der Waals surface area contributed by atoms with Crippen molar-refractivity contribution in [1.82, 2.24) is 29.6 Å². The second-order valence-electron chi connectivity index (χ2n) is 7.89. The molecule has 0 aliphatic carbocycles. The largest absolute Gasteiger partial charge is 0.356 e. The third kappa shape index (κ3) is 3.83. The zero-order chi connectivity index (χ0) is 20.5. The average Bonchev–Trinajstić information content (AvgIpc) is 3.39. The topological polar surface area (TPSA) is 82.0 Å². The van der Waals surface area contributed by atoms with E-state index in [2.05, 4.69) is 10.3 Å². The molecule has 1 amide bonds. The molecule has 0 N–H and O–H groups in total. The molecule has 1 atom stereocenters. The molecule has 154 valence electrons. The maximum absolute atomic E-state index is 13.1.